The van der Waals surface area contributed by atoms with Crippen molar-refractivity contribution in [2.75, 3.05) is 6.54 Å². The van der Waals surface area contributed by atoms with Crippen LogP contribution in [0, 0.1) is 0 Å². The molecule has 2 rings (SSSR count). The number of rotatable bonds is 3. The van der Waals surface area contributed by atoms with Crippen LogP contribution in [0.1, 0.15) is 6.42 Å². The molecule has 0 spiro atoms. The zero-order valence-electron chi connectivity index (χ0n) is 8.82. The third-order valence-electron chi connectivity index (χ3n) is 2.55. The molecule has 16 heavy (non-hydrogen) atoms. The Morgan fingerprint density at radius 3 is 2.88 bits per heavy atom. The summed E-state index contributed by atoms with van der Waals surface area (Å²) in [6.07, 6.45) is 2.73. The Kier molecular flexibility index (Phi) is 3.41. The normalized spacial score (nSPS) is 10.9. The first-order valence-electron chi connectivity index (χ1n) is 5.22. The van der Waals surface area contributed by atoms with Gasteiger partial charge in [0.15, 0.2) is 5.43 Å². The fraction of sp³-hybridized carbons (Fsp3) is 0.250. The summed E-state index contributed by atoms with van der Waals surface area (Å²) in [5, 5.41) is 0.744. The van der Waals surface area contributed by atoms with Crippen LogP contribution in [-0.4, -0.2) is 11.1 Å². The Bertz CT molecular complexity index is 562. The molecule has 2 aromatic rings. The molecule has 0 aliphatic rings. The summed E-state index contributed by atoms with van der Waals surface area (Å²) >= 11 is 3.48. The molecule has 0 saturated heterocycles. The van der Waals surface area contributed by atoms with Gasteiger partial charge >= 0.3 is 0 Å². The van der Waals surface area contributed by atoms with Crippen LogP contribution < -0.4 is 11.2 Å². The molecule has 3 nitrogen and oxygen atoms in total. The molecule has 0 amide bonds. The molecular formula is C12H13BrN2O. The Labute approximate surface area is 102 Å². The lowest BCUT2D eigenvalue weighted by atomic mass is 10.2. The van der Waals surface area contributed by atoms with Gasteiger partial charge in [0.1, 0.15) is 0 Å². The summed E-state index contributed by atoms with van der Waals surface area (Å²) in [5.41, 5.74) is 6.51. The van der Waals surface area contributed by atoms with Gasteiger partial charge in [0, 0.05) is 28.7 Å². The Hall–Kier alpha value is -1.13. The molecule has 0 unspecified atom stereocenters. The predicted molar refractivity (Wildman–Crippen MR) is 69.6 cm³/mol. The van der Waals surface area contributed by atoms with Gasteiger partial charge in [-0.2, -0.15) is 0 Å². The minimum atomic E-state index is 0.0558. The van der Waals surface area contributed by atoms with Crippen LogP contribution >= 0.6 is 15.9 Å². The lowest BCUT2D eigenvalue weighted by Gasteiger charge is -2.11. The highest BCUT2D eigenvalue weighted by Gasteiger charge is 2.05. The Morgan fingerprint density at radius 2 is 2.12 bits per heavy atom. The fourth-order valence-electron chi connectivity index (χ4n) is 1.78. The maximum Gasteiger partial charge on any atom is 0.189 e. The third-order valence-corrected chi connectivity index (χ3v) is 3.19. The van der Waals surface area contributed by atoms with Crippen molar-refractivity contribution >= 4 is 26.8 Å². The van der Waals surface area contributed by atoms with E-state index in [4.69, 9.17) is 5.73 Å². The predicted octanol–water partition coefficient (Wildman–Crippen LogP) is 2.11. The molecule has 84 valence electrons. The molecule has 2 N–H and O–H groups in total. The van der Waals surface area contributed by atoms with E-state index in [1.165, 1.54) is 0 Å². The van der Waals surface area contributed by atoms with Crippen LogP contribution in [0.3, 0.4) is 0 Å². The van der Waals surface area contributed by atoms with Gasteiger partial charge in [-0.05, 0) is 41.0 Å². The van der Waals surface area contributed by atoms with E-state index in [2.05, 4.69) is 20.5 Å². The number of nitrogens with two attached hydrogens (primary N) is 1. The maximum atomic E-state index is 11.7. The highest BCUT2D eigenvalue weighted by atomic mass is 79.9. The molecule has 0 atom stereocenters. The molecule has 0 aliphatic carbocycles. The van der Waals surface area contributed by atoms with Gasteiger partial charge in [-0.3, -0.25) is 4.79 Å². The highest BCUT2D eigenvalue weighted by Crippen LogP contribution is 2.21. The summed E-state index contributed by atoms with van der Waals surface area (Å²) in [6, 6.07) is 7.27. The standard InChI is InChI=1S/C12H13BrN2O/c13-10-4-1-3-9-11(16)5-8-15(12(9)10)7-2-6-14/h1,3-5,8H,2,6-7,14H2. The summed E-state index contributed by atoms with van der Waals surface area (Å²) in [7, 11) is 0. The second-order valence-electron chi connectivity index (χ2n) is 3.65. The van der Waals surface area contributed by atoms with Crippen molar-refractivity contribution in [3.05, 3.63) is 45.2 Å². The first-order valence-corrected chi connectivity index (χ1v) is 6.01. The maximum absolute atomic E-state index is 11.7. The molecule has 1 aromatic heterocycles. The number of pyridine rings is 1. The van der Waals surface area contributed by atoms with Crippen molar-refractivity contribution in [2.45, 2.75) is 13.0 Å². The first-order chi connectivity index (χ1) is 7.74. The smallest absolute Gasteiger partial charge is 0.189 e. The van der Waals surface area contributed by atoms with Crippen LogP contribution in [0.4, 0.5) is 0 Å². The van der Waals surface area contributed by atoms with E-state index in [0.717, 1.165) is 28.3 Å². The molecule has 0 bridgehead atoms. The highest BCUT2D eigenvalue weighted by molar-refractivity contribution is 9.10. The number of para-hydroxylation sites is 1. The zero-order chi connectivity index (χ0) is 11.5. The van der Waals surface area contributed by atoms with Gasteiger partial charge in [-0.25, -0.2) is 0 Å². The van der Waals surface area contributed by atoms with Crippen molar-refractivity contribution in [2.24, 2.45) is 5.73 Å². The number of nitrogens with zero attached hydrogens (tertiary/aromatic N) is 1. The van der Waals surface area contributed by atoms with Crippen molar-refractivity contribution in [3.63, 3.8) is 0 Å². The Balaban J connectivity index is 2.66. The molecule has 0 saturated carbocycles. The quantitative estimate of drug-likeness (QED) is 0.936. The van der Waals surface area contributed by atoms with Crippen LogP contribution in [-0.2, 0) is 6.54 Å². The average molecular weight is 281 g/mol. The monoisotopic (exact) mass is 280 g/mol. The topological polar surface area (TPSA) is 48.0 Å². The van der Waals surface area contributed by atoms with Crippen LogP contribution in [0.2, 0.25) is 0 Å². The molecule has 0 fully saturated rings. The fourth-order valence-corrected chi connectivity index (χ4v) is 2.37. The number of halogens is 1. The Morgan fingerprint density at radius 1 is 1.31 bits per heavy atom. The minimum absolute atomic E-state index is 0.0558. The van der Waals surface area contributed by atoms with Gasteiger partial charge in [0.05, 0.1) is 5.52 Å². The second-order valence-corrected chi connectivity index (χ2v) is 4.51. The van der Waals surface area contributed by atoms with E-state index < -0.39 is 0 Å². The second kappa shape index (κ2) is 4.80. The summed E-state index contributed by atoms with van der Waals surface area (Å²) < 4.78 is 3.01. The summed E-state index contributed by atoms with van der Waals surface area (Å²) in [5.74, 6) is 0. The third kappa shape index (κ3) is 2.03. The van der Waals surface area contributed by atoms with Gasteiger partial charge in [-0.1, -0.05) is 6.07 Å². The minimum Gasteiger partial charge on any atom is -0.346 e. The van der Waals surface area contributed by atoms with E-state index in [0.29, 0.717) is 6.54 Å². The van der Waals surface area contributed by atoms with Crippen LogP contribution in [0.25, 0.3) is 10.9 Å². The first kappa shape index (κ1) is 11.4. The number of hydrogen-bond acceptors (Lipinski definition) is 2. The van der Waals surface area contributed by atoms with Crippen molar-refractivity contribution in [1.29, 1.82) is 0 Å². The van der Waals surface area contributed by atoms with E-state index in [1.54, 1.807) is 6.07 Å². The van der Waals surface area contributed by atoms with Crippen molar-refractivity contribution in [3.8, 4) is 0 Å². The van der Waals surface area contributed by atoms with Gasteiger partial charge < -0.3 is 10.3 Å². The van der Waals surface area contributed by atoms with Crippen molar-refractivity contribution in [1.82, 2.24) is 4.57 Å². The van der Waals surface area contributed by atoms with E-state index >= 15 is 0 Å². The van der Waals surface area contributed by atoms with Crippen LogP contribution in [0.5, 0.6) is 0 Å². The van der Waals surface area contributed by atoms with E-state index in [1.807, 2.05) is 24.4 Å². The largest absolute Gasteiger partial charge is 0.346 e. The number of aromatic nitrogens is 1. The lowest BCUT2D eigenvalue weighted by Crippen LogP contribution is -2.11. The van der Waals surface area contributed by atoms with Gasteiger partial charge in [0.2, 0.25) is 0 Å². The SMILES string of the molecule is NCCCn1ccc(=O)c2cccc(Br)c21. The number of benzene rings is 1. The van der Waals surface area contributed by atoms with Crippen molar-refractivity contribution < 1.29 is 0 Å². The van der Waals surface area contributed by atoms with E-state index in [9.17, 15) is 4.79 Å². The average Bonchev–Trinajstić information content (AvgIpc) is 2.29. The molecule has 4 heteroatoms. The summed E-state index contributed by atoms with van der Waals surface area (Å²) in [4.78, 5) is 11.7. The molecule has 0 aliphatic heterocycles. The molecular weight excluding hydrogens is 268 g/mol. The number of aryl methyl sites for hydroxylation is 1. The summed E-state index contributed by atoms with van der Waals surface area (Å²) in [6.45, 7) is 1.48. The molecule has 1 heterocycles. The number of hydrogen-bond donors (Lipinski definition) is 1. The lowest BCUT2D eigenvalue weighted by molar-refractivity contribution is 0.665. The molecule has 1 aromatic carbocycles. The van der Waals surface area contributed by atoms with E-state index in [-0.39, 0.29) is 5.43 Å². The van der Waals surface area contributed by atoms with Gasteiger partial charge in [0.25, 0.3) is 0 Å². The zero-order valence-corrected chi connectivity index (χ0v) is 10.4. The molecule has 0 radical (unpaired) electrons. The van der Waals surface area contributed by atoms with Gasteiger partial charge in [-0.15, -0.1) is 0 Å². The van der Waals surface area contributed by atoms with Crippen LogP contribution in [0.15, 0.2) is 39.7 Å². The number of fused-ring (bicyclic) bond motifs is 1.